The van der Waals surface area contributed by atoms with E-state index in [-0.39, 0.29) is 17.6 Å². The van der Waals surface area contributed by atoms with Gasteiger partial charge in [-0.25, -0.2) is 4.39 Å². The molecule has 0 aromatic heterocycles. The summed E-state index contributed by atoms with van der Waals surface area (Å²) in [6.45, 7) is 0. The van der Waals surface area contributed by atoms with Crippen LogP contribution in [0.2, 0.25) is 0 Å². The molecule has 0 amide bonds. The lowest BCUT2D eigenvalue weighted by atomic mass is 9.84. The van der Waals surface area contributed by atoms with Crippen molar-refractivity contribution in [2.75, 3.05) is 7.11 Å². The number of rotatable bonds is 5. The molecule has 1 aliphatic rings. The average Bonchev–Trinajstić information content (AvgIpc) is 2.45. The van der Waals surface area contributed by atoms with Crippen LogP contribution in [0.25, 0.3) is 0 Å². The van der Waals surface area contributed by atoms with Crippen LogP contribution < -0.4 is 10.5 Å². The summed E-state index contributed by atoms with van der Waals surface area (Å²) in [4.78, 5) is 0. The molecule has 1 aromatic carbocycles. The second-order valence-electron chi connectivity index (χ2n) is 5.58. The van der Waals surface area contributed by atoms with Crippen LogP contribution in [0, 0.1) is 11.7 Å². The van der Waals surface area contributed by atoms with Crippen molar-refractivity contribution >= 4 is 0 Å². The summed E-state index contributed by atoms with van der Waals surface area (Å²) in [5, 5.41) is 0. The van der Waals surface area contributed by atoms with Gasteiger partial charge in [0.25, 0.3) is 0 Å². The van der Waals surface area contributed by atoms with Gasteiger partial charge in [0.15, 0.2) is 11.6 Å². The molecule has 2 N–H and O–H groups in total. The van der Waals surface area contributed by atoms with Crippen molar-refractivity contribution in [3.8, 4) is 5.75 Å². The lowest BCUT2D eigenvalue weighted by Gasteiger charge is -2.23. The monoisotopic (exact) mass is 265 g/mol. The molecule has 0 bridgehead atoms. The minimum absolute atomic E-state index is 0.0673. The summed E-state index contributed by atoms with van der Waals surface area (Å²) in [6.07, 6.45) is 8.87. The van der Waals surface area contributed by atoms with Crippen molar-refractivity contribution in [2.24, 2.45) is 11.7 Å². The van der Waals surface area contributed by atoms with Crippen LogP contribution in [0.5, 0.6) is 5.75 Å². The zero-order valence-electron chi connectivity index (χ0n) is 11.7. The Hall–Kier alpha value is -1.09. The van der Waals surface area contributed by atoms with E-state index in [9.17, 15) is 4.39 Å². The fourth-order valence-corrected chi connectivity index (χ4v) is 2.97. The van der Waals surface area contributed by atoms with Gasteiger partial charge in [-0.3, -0.25) is 0 Å². The Morgan fingerprint density at radius 1 is 1.32 bits per heavy atom. The molecule has 19 heavy (non-hydrogen) atoms. The van der Waals surface area contributed by atoms with E-state index >= 15 is 0 Å². The number of benzene rings is 1. The van der Waals surface area contributed by atoms with E-state index in [2.05, 4.69) is 0 Å². The lowest BCUT2D eigenvalue weighted by Crippen LogP contribution is -2.14. The number of ether oxygens (including phenoxy) is 1. The SMILES string of the molecule is COc1ccc(C(N)CCC2CCCCC2)cc1F. The second kappa shape index (κ2) is 6.90. The van der Waals surface area contributed by atoms with Gasteiger partial charge in [0, 0.05) is 6.04 Å². The van der Waals surface area contributed by atoms with Gasteiger partial charge in [-0.1, -0.05) is 38.2 Å². The van der Waals surface area contributed by atoms with Crippen molar-refractivity contribution < 1.29 is 9.13 Å². The molecule has 1 aromatic rings. The standard InChI is InChI=1S/C16H24FNO/c1-19-16-10-8-13(11-14(16)17)15(18)9-7-12-5-3-2-4-6-12/h8,10-12,15H,2-7,9,18H2,1H3. The predicted molar refractivity (Wildman–Crippen MR) is 75.7 cm³/mol. The molecular formula is C16H24FNO. The molecular weight excluding hydrogens is 241 g/mol. The van der Waals surface area contributed by atoms with Crippen LogP contribution in [0.15, 0.2) is 18.2 Å². The summed E-state index contributed by atoms with van der Waals surface area (Å²) in [6, 6.07) is 4.96. The topological polar surface area (TPSA) is 35.2 Å². The molecule has 2 rings (SSSR count). The highest BCUT2D eigenvalue weighted by Gasteiger charge is 2.16. The Kier molecular flexibility index (Phi) is 5.20. The first kappa shape index (κ1) is 14.3. The summed E-state index contributed by atoms with van der Waals surface area (Å²) >= 11 is 0. The summed E-state index contributed by atoms with van der Waals surface area (Å²) < 4.78 is 18.5. The zero-order valence-corrected chi connectivity index (χ0v) is 11.7. The van der Waals surface area contributed by atoms with Crippen LogP contribution in [-0.4, -0.2) is 7.11 Å². The lowest BCUT2D eigenvalue weighted by molar-refractivity contribution is 0.323. The Morgan fingerprint density at radius 2 is 2.05 bits per heavy atom. The Morgan fingerprint density at radius 3 is 2.68 bits per heavy atom. The Labute approximate surface area is 115 Å². The fraction of sp³-hybridized carbons (Fsp3) is 0.625. The van der Waals surface area contributed by atoms with Gasteiger partial charge >= 0.3 is 0 Å². The molecule has 1 atom stereocenters. The summed E-state index contributed by atoms with van der Waals surface area (Å²) in [5.41, 5.74) is 7.03. The van der Waals surface area contributed by atoms with Crippen molar-refractivity contribution in [3.05, 3.63) is 29.6 Å². The summed E-state index contributed by atoms with van der Waals surface area (Å²) in [7, 11) is 1.47. The molecule has 106 valence electrons. The van der Waals surface area contributed by atoms with Crippen LogP contribution in [0.4, 0.5) is 4.39 Å². The second-order valence-corrected chi connectivity index (χ2v) is 5.58. The van der Waals surface area contributed by atoms with E-state index in [1.165, 1.54) is 45.3 Å². The maximum atomic E-state index is 13.6. The first-order valence-electron chi connectivity index (χ1n) is 7.29. The number of hydrogen-bond acceptors (Lipinski definition) is 2. The average molecular weight is 265 g/mol. The quantitative estimate of drug-likeness (QED) is 0.866. The van der Waals surface area contributed by atoms with Gasteiger partial charge < -0.3 is 10.5 Å². The van der Waals surface area contributed by atoms with Crippen LogP contribution in [-0.2, 0) is 0 Å². The van der Waals surface area contributed by atoms with Gasteiger partial charge in [0.1, 0.15) is 0 Å². The van der Waals surface area contributed by atoms with Crippen molar-refractivity contribution in [1.29, 1.82) is 0 Å². The number of methoxy groups -OCH3 is 1. The van der Waals surface area contributed by atoms with Crippen LogP contribution in [0.3, 0.4) is 0 Å². The third kappa shape index (κ3) is 3.93. The number of halogens is 1. The minimum Gasteiger partial charge on any atom is -0.494 e. The van der Waals surface area contributed by atoms with Gasteiger partial charge in [-0.05, 0) is 36.5 Å². The van der Waals surface area contributed by atoms with E-state index in [0.29, 0.717) is 0 Å². The van der Waals surface area contributed by atoms with E-state index in [4.69, 9.17) is 10.5 Å². The predicted octanol–water partition coefficient (Wildman–Crippen LogP) is 4.19. The highest BCUT2D eigenvalue weighted by atomic mass is 19.1. The number of hydrogen-bond donors (Lipinski definition) is 1. The molecule has 0 heterocycles. The third-order valence-electron chi connectivity index (χ3n) is 4.21. The van der Waals surface area contributed by atoms with Crippen LogP contribution in [0.1, 0.15) is 56.6 Å². The molecule has 0 saturated heterocycles. The van der Waals surface area contributed by atoms with Gasteiger partial charge in [0.2, 0.25) is 0 Å². The molecule has 3 heteroatoms. The van der Waals surface area contributed by atoms with Gasteiger partial charge in [-0.15, -0.1) is 0 Å². The van der Waals surface area contributed by atoms with Crippen molar-refractivity contribution in [2.45, 2.75) is 51.0 Å². The molecule has 0 radical (unpaired) electrons. The highest BCUT2D eigenvalue weighted by molar-refractivity contribution is 5.30. The molecule has 0 spiro atoms. The molecule has 1 saturated carbocycles. The van der Waals surface area contributed by atoms with Crippen molar-refractivity contribution in [3.63, 3.8) is 0 Å². The van der Waals surface area contributed by atoms with Crippen molar-refractivity contribution in [1.82, 2.24) is 0 Å². The molecule has 0 aliphatic heterocycles. The first-order chi connectivity index (χ1) is 9.20. The Balaban J connectivity index is 1.88. The minimum atomic E-state index is -0.326. The van der Waals surface area contributed by atoms with E-state index < -0.39 is 0 Å². The molecule has 1 fully saturated rings. The smallest absolute Gasteiger partial charge is 0.165 e. The van der Waals surface area contributed by atoms with Gasteiger partial charge in [-0.2, -0.15) is 0 Å². The van der Waals surface area contributed by atoms with Gasteiger partial charge in [0.05, 0.1) is 7.11 Å². The maximum absolute atomic E-state index is 13.6. The molecule has 1 aliphatic carbocycles. The highest BCUT2D eigenvalue weighted by Crippen LogP contribution is 2.30. The largest absolute Gasteiger partial charge is 0.494 e. The third-order valence-corrected chi connectivity index (χ3v) is 4.21. The van der Waals surface area contributed by atoms with E-state index in [0.717, 1.165) is 24.3 Å². The molecule has 2 nitrogen and oxygen atoms in total. The normalized spacial score (nSPS) is 18.3. The molecule has 1 unspecified atom stereocenters. The number of nitrogens with two attached hydrogens (primary N) is 1. The van der Waals surface area contributed by atoms with E-state index in [1.807, 2.05) is 6.07 Å². The Bertz CT molecular complexity index is 402. The first-order valence-corrected chi connectivity index (χ1v) is 7.29. The fourth-order valence-electron chi connectivity index (χ4n) is 2.97. The van der Waals surface area contributed by atoms with E-state index in [1.54, 1.807) is 6.07 Å². The maximum Gasteiger partial charge on any atom is 0.165 e. The van der Waals surface area contributed by atoms with Crippen LogP contribution >= 0.6 is 0 Å². The zero-order chi connectivity index (χ0) is 13.7. The summed E-state index contributed by atoms with van der Waals surface area (Å²) in [5.74, 6) is 0.777.